The molecule has 0 rings (SSSR count). The summed E-state index contributed by atoms with van der Waals surface area (Å²) in [6.45, 7) is 8.49. The Bertz CT molecular complexity index is 152. The fraction of sp³-hybridized carbons (Fsp3) is 0.833. The molecule has 0 amide bonds. The Labute approximate surface area is 101 Å². The van der Waals surface area contributed by atoms with Gasteiger partial charge >= 0.3 is 0 Å². The summed E-state index contributed by atoms with van der Waals surface area (Å²) in [7, 11) is -0.901. The minimum Gasteiger partial charge on any atom is -0.501 e. The first-order valence-electron chi connectivity index (χ1n) is 6.18. The monoisotopic (exact) mass is 248 g/mol. The van der Waals surface area contributed by atoms with Gasteiger partial charge in [-0.1, -0.05) is 26.7 Å². The highest BCUT2D eigenvalue weighted by Crippen LogP contribution is 2.40. The maximum Gasteiger partial charge on any atom is 0.200 e. The minimum absolute atomic E-state index is 0.684. The second kappa shape index (κ2) is 13.0. The lowest BCUT2D eigenvalue weighted by atomic mass is 10.4. The zero-order chi connectivity index (χ0) is 12.1. The molecule has 0 aromatic carbocycles. The van der Waals surface area contributed by atoms with Crippen molar-refractivity contribution in [2.24, 2.45) is 0 Å². The Balaban J connectivity index is 3.75. The zero-order valence-corrected chi connectivity index (χ0v) is 11.7. The van der Waals surface area contributed by atoms with Crippen LogP contribution in [-0.4, -0.2) is 19.8 Å². The summed E-state index contributed by atoms with van der Waals surface area (Å²) < 4.78 is 16.5. The number of hydrogen-bond acceptors (Lipinski definition) is 3. The lowest BCUT2D eigenvalue weighted by Gasteiger charge is -2.13. The molecule has 0 saturated carbocycles. The largest absolute Gasteiger partial charge is 0.501 e. The Morgan fingerprint density at radius 3 is 1.94 bits per heavy atom. The minimum atomic E-state index is -0.901. The van der Waals surface area contributed by atoms with E-state index >= 15 is 0 Å². The highest BCUT2D eigenvalue weighted by Gasteiger charge is 2.05. The van der Waals surface area contributed by atoms with Gasteiger partial charge in [0.05, 0.1) is 26.1 Å². The first-order valence-corrected chi connectivity index (χ1v) is 7.43. The normalized spacial score (nSPS) is 11.5. The standard InChI is InChI=1S/C12H25O3P/c1-4-7-9-14-16(12-11-13-6-3)15-10-8-5-2/h11-12H,4-10H2,1-3H3/b12-11+. The van der Waals surface area contributed by atoms with Crippen LogP contribution in [0.15, 0.2) is 12.1 Å². The summed E-state index contributed by atoms with van der Waals surface area (Å²) >= 11 is 0. The molecular weight excluding hydrogens is 223 g/mol. The van der Waals surface area contributed by atoms with E-state index in [0.29, 0.717) is 6.61 Å². The van der Waals surface area contributed by atoms with E-state index in [9.17, 15) is 0 Å². The van der Waals surface area contributed by atoms with E-state index in [-0.39, 0.29) is 0 Å². The van der Waals surface area contributed by atoms with Crippen LogP contribution in [-0.2, 0) is 13.8 Å². The van der Waals surface area contributed by atoms with Gasteiger partial charge in [0.2, 0.25) is 8.38 Å². The van der Waals surface area contributed by atoms with Crippen LogP contribution in [0.3, 0.4) is 0 Å². The van der Waals surface area contributed by atoms with Crippen molar-refractivity contribution < 1.29 is 13.8 Å². The van der Waals surface area contributed by atoms with Crippen LogP contribution < -0.4 is 0 Å². The lowest BCUT2D eigenvalue weighted by molar-refractivity contribution is 0.245. The van der Waals surface area contributed by atoms with Gasteiger partial charge in [-0.05, 0) is 19.8 Å². The van der Waals surface area contributed by atoms with Crippen LogP contribution in [0, 0.1) is 0 Å². The molecule has 0 aliphatic carbocycles. The zero-order valence-electron chi connectivity index (χ0n) is 10.8. The third-order valence-corrected chi connectivity index (χ3v) is 3.12. The number of hydrogen-bond donors (Lipinski definition) is 0. The van der Waals surface area contributed by atoms with E-state index in [2.05, 4.69) is 13.8 Å². The van der Waals surface area contributed by atoms with Crippen molar-refractivity contribution in [1.29, 1.82) is 0 Å². The molecular formula is C12H25O3P. The van der Waals surface area contributed by atoms with E-state index in [4.69, 9.17) is 13.8 Å². The van der Waals surface area contributed by atoms with Gasteiger partial charge in [0.15, 0.2) is 0 Å². The molecule has 0 aromatic heterocycles. The van der Waals surface area contributed by atoms with Gasteiger partial charge in [-0.25, -0.2) is 0 Å². The fourth-order valence-electron chi connectivity index (χ4n) is 0.910. The van der Waals surface area contributed by atoms with Crippen LogP contribution in [0.2, 0.25) is 0 Å². The van der Waals surface area contributed by atoms with E-state index in [1.807, 2.05) is 12.7 Å². The lowest BCUT2D eigenvalue weighted by Crippen LogP contribution is -1.94. The molecule has 0 fully saturated rings. The molecule has 0 unspecified atom stereocenters. The molecule has 3 nitrogen and oxygen atoms in total. The van der Waals surface area contributed by atoms with Crippen LogP contribution in [0.1, 0.15) is 46.5 Å². The Morgan fingerprint density at radius 1 is 0.938 bits per heavy atom. The number of ether oxygens (including phenoxy) is 1. The smallest absolute Gasteiger partial charge is 0.200 e. The van der Waals surface area contributed by atoms with Gasteiger partial charge in [0.1, 0.15) is 0 Å². The first kappa shape index (κ1) is 15.9. The molecule has 0 bridgehead atoms. The summed E-state index contributed by atoms with van der Waals surface area (Å²) in [4.78, 5) is 0. The maximum atomic E-state index is 5.65. The average Bonchev–Trinajstić information content (AvgIpc) is 2.29. The van der Waals surface area contributed by atoms with E-state index in [1.165, 1.54) is 0 Å². The number of rotatable bonds is 11. The highest BCUT2D eigenvalue weighted by atomic mass is 31.2. The molecule has 0 aromatic rings. The molecule has 96 valence electrons. The van der Waals surface area contributed by atoms with E-state index in [0.717, 1.165) is 38.9 Å². The predicted octanol–water partition coefficient (Wildman–Crippen LogP) is 4.44. The van der Waals surface area contributed by atoms with Crippen LogP contribution in [0.25, 0.3) is 0 Å². The van der Waals surface area contributed by atoms with Crippen LogP contribution >= 0.6 is 8.38 Å². The molecule has 0 spiro atoms. The molecule has 0 saturated heterocycles. The third-order valence-electron chi connectivity index (χ3n) is 1.88. The molecule has 16 heavy (non-hydrogen) atoms. The van der Waals surface area contributed by atoms with Gasteiger partial charge in [0, 0.05) is 5.82 Å². The van der Waals surface area contributed by atoms with Crippen molar-refractivity contribution in [3.63, 3.8) is 0 Å². The quantitative estimate of drug-likeness (QED) is 0.307. The first-order chi connectivity index (χ1) is 7.85. The summed E-state index contributed by atoms with van der Waals surface area (Å²) in [5.74, 6) is 1.89. The summed E-state index contributed by atoms with van der Waals surface area (Å²) in [5, 5.41) is 0. The second-order valence-corrected chi connectivity index (χ2v) is 4.78. The van der Waals surface area contributed by atoms with Gasteiger partial charge < -0.3 is 13.8 Å². The molecule has 0 aliphatic rings. The molecule has 0 atom stereocenters. The summed E-state index contributed by atoms with van der Waals surface area (Å²) in [5.41, 5.74) is 0. The predicted molar refractivity (Wildman–Crippen MR) is 69.4 cm³/mol. The highest BCUT2D eigenvalue weighted by molar-refractivity contribution is 7.50. The van der Waals surface area contributed by atoms with Crippen molar-refractivity contribution in [2.45, 2.75) is 46.5 Å². The van der Waals surface area contributed by atoms with Crippen molar-refractivity contribution in [1.82, 2.24) is 0 Å². The number of unbranched alkanes of at least 4 members (excludes halogenated alkanes) is 2. The topological polar surface area (TPSA) is 27.7 Å². The van der Waals surface area contributed by atoms with Crippen molar-refractivity contribution >= 4 is 8.38 Å². The molecule has 0 radical (unpaired) electrons. The Kier molecular flexibility index (Phi) is 12.9. The van der Waals surface area contributed by atoms with E-state index in [1.54, 1.807) is 6.26 Å². The van der Waals surface area contributed by atoms with Crippen LogP contribution in [0.5, 0.6) is 0 Å². The van der Waals surface area contributed by atoms with Crippen LogP contribution in [0.4, 0.5) is 0 Å². The maximum absolute atomic E-state index is 5.65. The average molecular weight is 248 g/mol. The molecule has 0 N–H and O–H groups in total. The molecule has 4 heteroatoms. The SMILES string of the molecule is CCCCOP(/C=C/OCC)OCCCC. The Hall–Kier alpha value is -0.110. The van der Waals surface area contributed by atoms with Crippen molar-refractivity contribution in [3.8, 4) is 0 Å². The van der Waals surface area contributed by atoms with Gasteiger partial charge in [0.25, 0.3) is 0 Å². The summed E-state index contributed by atoms with van der Waals surface area (Å²) in [6.07, 6.45) is 6.14. The van der Waals surface area contributed by atoms with Crippen molar-refractivity contribution in [2.75, 3.05) is 19.8 Å². The van der Waals surface area contributed by atoms with E-state index < -0.39 is 8.38 Å². The van der Waals surface area contributed by atoms with Crippen molar-refractivity contribution in [3.05, 3.63) is 12.1 Å². The third kappa shape index (κ3) is 10.4. The van der Waals surface area contributed by atoms with Gasteiger partial charge in [-0.3, -0.25) is 0 Å². The van der Waals surface area contributed by atoms with Gasteiger partial charge in [-0.15, -0.1) is 0 Å². The van der Waals surface area contributed by atoms with Gasteiger partial charge in [-0.2, -0.15) is 0 Å². The fourth-order valence-corrected chi connectivity index (χ4v) is 1.96. The summed E-state index contributed by atoms with van der Waals surface area (Å²) in [6, 6.07) is 0. The molecule has 0 aliphatic heterocycles. The Morgan fingerprint density at radius 2 is 1.50 bits per heavy atom. The molecule has 0 heterocycles. The second-order valence-electron chi connectivity index (χ2n) is 3.40.